The van der Waals surface area contributed by atoms with Gasteiger partial charge >= 0.3 is 11.9 Å². The van der Waals surface area contributed by atoms with Crippen molar-refractivity contribution in [2.45, 2.75) is 24.4 Å². The van der Waals surface area contributed by atoms with E-state index in [4.69, 9.17) is 15.2 Å². The molecule has 0 aliphatic carbocycles. The number of β-lactam (4-membered cyclic amide) rings is 1. The second-order valence-electron chi connectivity index (χ2n) is 9.68. The van der Waals surface area contributed by atoms with Gasteiger partial charge in [-0.2, -0.15) is 0 Å². The number of cyclic esters (lactones) is 1. The lowest BCUT2D eigenvalue weighted by molar-refractivity contribution is -0.153. The molecule has 2 N–H and O–H groups in total. The number of hydrogen-bond acceptors (Lipinski definition) is 7. The van der Waals surface area contributed by atoms with Gasteiger partial charge in [-0.1, -0.05) is 91.0 Å². The summed E-state index contributed by atoms with van der Waals surface area (Å²) in [5, 5.41) is -0.369. The van der Waals surface area contributed by atoms with E-state index in [1.807, 2.05) is 97.9 Å². The number of benzene rings is 3. The molecule has 2 atom stereocenters. The van der Waals surface area contributed by atoms with Crippen LogP contribution in [-0.2, 0) is 23.9 Å². The van der Waals surface area contributed by atoms with Crippen LogP contribution in [0.25, 0.3) is 5.57 Å². The molecule has 3 aromatic carbocycles. The molecule has 0 aromatic heterocycles. The van der Waals surface area contributed by atoms with E-state index in [1.165, 1.54) is 16.7 Å². The highest BCUT2D eigenvalue weighted by molar-refractivity contribution is 8.00. The molecule has 1 amide bonds. The van der Waals surface area contributed by atoms with E-state index in [0.717, 1.165) is 16.7 Å². The van der Waals surface area contributed by atoms with Crippen molar-refractivity contribution in [1.82, 2.24) is 4.90 Å². The molecule has 1 saturated heterocycles. The third kappa shape index (κ3) is 4.55. The number of nitrogens with two attached hydrogens (primary N) is 1. The largest absolute Gasteiger partial charge is 0.448 e. The molecule has 40 heavy (non-hydrogen) atoms. The van der Waals surface area contributed by atoms with Crippen LogP contribution in [0, 0.1) is 0 Å². The molecule has 0 spiro atoms. The van der Waals surface area contributed by atoms with Crippen LogP contribution in [0.3, 0.4) is 0 Å². The van der Waals surface area contributed by atoms with Gasteiger partial charge in [0.2, 0.25) is 5.91 Å². The SMILES string of the molecule is CC1=C(c2ccccc2)C(=O)O/C1=C/C1=C(C(=O)OC(c2ccccc2)c2ccccc2)N2C(=O)[C@@H](N)[C@@H]2SC1. The van der Waals surface area contributed by atoms with Gasteiger partial charge in [-0.05, 0) is 35.3 Å². The number of carbonyl (C=O) groups excluding carboxylic acids is 3. The lowest BCUT2D eigenvalue weighted by Crippen LogP contribution is -2.68. The Morgan fingerprint density at radius 1 is 0.975 bits per heavy atom. The predicted molar refractivity (Wildman–Crippen MR) is 152 cm³/mol. The second kappa shape index (κ2) is 10.6. The molecule has 7 nitrogen and oxygen atoms in total. The van der Waals surface area contributed by atoms with Gasteiger partial charge in [-0.25, -0.2) is 9.59 Å². The van der Waals surface area contributed by atoms with Crippen LogP contribution in [0.1, 0.15) is 29.7 Å². The summed E-state index contributed by atoms with van der Waals surface area (Å²) < 4.78 is 11.8. The van der Waals surface area contributed by atoms with E-state index in [0.29, 0.717) is 28.2 Å². The minimum absolute atomic E-state index is 0.122. The van der Waals surface area contributed by atoms with Gasteiger partial charge in [0.1, 0.15) is 22.9 Å². The van der Waals surface area contributed by atoms with Crippen LogP contribution in [-0.4, -0.2) is 39.9 Å². The van der Waals surface area contributed by atoms with Crippen molar-refractivity contribution in [2.24, 2.45) is 5.73 Å². The van der Waals surface area contributed by atoms with Gasteiger partial charge < -0.3 is 15.2 Å². The summed E-state index contributed by atoms with van der Waals surface area (Å²) in [7, 11) is 0. The van der Waals surface area contributed by atoms with Gasteiger partial charge in [0.15, 0.2) is 6.10 Å². The molecule has 3 aliphatic heterocycles. The highest BCUT2D eigenvalue weighted by Crippen LogP contribution is 2.42. The van der Waals surface area contributed by atoms with E-state index in [-0.39, 0.29) is 17.0 Å². The van der Waals surface area contributed by atoms with Gasteiger partial charge in [-0.3, -0.25) is 9.69 Å². The number of thioether (sulfide) groups is 1. The zero-order chi connectivity index (χ0) is 27.8. The number of allylic oxidation sites excluding steroid dienone is 2. The summed E-state index contributed by atoms with van der Waals surface area (Å²) >= 11 is 1.46. The quantitative estimate of drug-likeness (QED) is 0.350. The number of carbonyl (C=O) groups is 3. The van der Waals surface area contributed by atoms with E-state index in [9.17, 15) is 14.4 Å². The lowest BCUT2D eigenvalue weighted by atomic mass is 9.99. The highest BCUT2D eigenvalue weighted by Gasteiger charge is 2.52. The second-order valence-corrected chi connectivity index (χ2v) is 10.8. The highest BCUT2D eigenvalue weighted by atomic mass is 32.2. The monoisotopic (exact) mass is 550 g/mol. The number of rotatable bonds is 6. The van der Waals surface area contributed by atoms with Crippen LogP contribution in [0.15, 0.2) is 120 Å². The van der Waals surface area contributed by atoms with Crippen LogP contribution >= 0.6 is 11.8 Å². The maximum absolute atomic E-state index is 13.9. The molecule has 3 aromatic rings. The van der Waals surface area contributed by atoms with E-state index in [2.05, 4.69) is 0 Å². The molecule has 1 fully saturated rings. The van der Waals surface area contributed by atoms with Crippen molar-refractivity contribution in [1.29, 1.82) is 0 Å². The maximum Gasteiger partial charge on any atom is 0.356 e. The molecule has 0 bridgehead atoms. The Morgan fingerprint density at radius 3 is 2.15 bits per heavy atom. The van der Waals surface area contributed by atoms with E-state index in [1.54, 1.807) is 6.08 Å². The van der Waals surface area contributed by atoms with Crippen molar-refractivity contribution < 1.29 is 23.9 Å². The summed E-state index contributed by atoms with van der Waals surface area (Å²) in [6, 6.07) is 27.5. The summed E-state index contributed by atoms with van der Waals surface area (Å²) in [6.07, 6.45) is 0.977. The Morgan fingerprint density at radius 2 is 1.55 bits per heavy atom. The van der Waals surface area contributed by atoms with Gasteiger partial charge in [0.05, 0.1) is 5.57 Å². The Kier molecular flexibility index (Phi) is 6.88. The Balaban J connectivity index is 1.41. The van der Waals surface area contributed by atoms with Crippen molar-refractivity contribution >= 4 is 35.2 Å². The van der Waals surface area contributed by atoms with Gasteiger partial charge in [-0.15, -0.1) is 11.8 Å². The minimum atomic E-state index is -0.698. The molecular formula is C32H26N2O5S. The van der Waals surface area contributed by atoms with Crippen molar-refractivity contribution in [3.63, 3.8) is 0 Å². The molecule has 3 aliphatic rings. The first kappa shape index (κ1) is 25.9. The Labute approximate surface area is 236 Å². The molecule has 3 heterocycles. The first-order valence-electron chi connectivity index (χ1n) is 12.9. The molecule has 6 rings (SSSR count). The Bertz CT molecular complexity index is 1540. The average molecular weight is 551 g/mol. The molecule has 0 saturated carbocycles. The fourth-order valence-electron chi connectivity index (χ4n) is 5.13. The van der Waals surface area contributed by atoms with Crippen LogP contribution in [0.4, 0.5) is 0 Å². The normalized spacial score (nSPS) is 21.5. The van der Waals surface area contributed by atoms with E-state index < -0.39 is 24.1 Å². The third-order valence-electron chi connectivity index (χ3n) is 7.18. The first-order chi connectivity index (χ1) is 19.4. The number of amides is 1. The summed E-state index contributed by atoms with van der Waals surface area (Å²) in [4.78, 5) is 41.1. The number of fused-ring (bicyclic) bond motifs is 1. The van der Waals surface area contributed by atoms with Crippen LogP contribution in [0.2, 0.25) is 0 Å². The molecular weight excluding hydrogens is 524 g/mol. The van der Waals surface area contributed by atoms with Crippen molar-refractivity contribution in [2.75, 3.05) is 5.75 Å². The van der Waals surface area contributed by atoms with Gasteiger partial charge in [0.25, 0.3) is 0 Å². The first-order valence-corrected chi connectivity index (χ1v) is 13.9. The van der Waals surface area contributed by atoms with E-state index >= 15 is 0 Å². The van der Waals surface area contributed by atoms with Crippen molar-refractivity contribution in [3.05, 3.63) is 136 Å². The zero-order valence-corrected chi connectivity index (χ0v) is 22.5. The molecule has 0 radical (unpaired) electrons. The summed E-state index contributed by atoms with van der Waals surface area (Å²) in [6.45, 7) is 1.81. The Hall–Kier alpha value is -4.40. The smallest absolute Gasteiger partial charge is 0.356 e. The maximum atomic E-state index is 13.9. The minimum Gasteiger partial charge on any atom is -0.448 e. The summed E-state index contributed by atoms with van der Waals surface area (Å²) in [5.41, 5.74) is 10.2. The lowest BCUT2D eigenvalue weighted by Gasteiger charge is -2.48. The van der Waals surface area contributed by atoms with Crippen molar-refractivity contribution in [3.8, 4) is 0 Å². The van der Waals surface area contributed by atoms with Crippen LogP contribution in [0.5, 0.6) is 0 Å². The fraction of sp³-hybridized carbons (Fsp3) is 0.156. The summed E-state index contributed by atoms with van der Waals surface area (Å²) in [5.74, 6) is -0.733. The number of esters is 2. The number of nitrogens with zero attached hydrogens (tertiary/aromatic N) is 1. The standard InChI is InChI=1S/C32H26N2O5S/c1-19-24(38-31(36)25(19)20-11-5-2-6-12-20)17-23-18-40-30-26(33)29(35)34(30)27(23)32(37)39-28(21-13-7-3-8-14-21)22-15-9-4-10-16-22/h2-17,26,28,30H,18,33H2,1H3/b24-17+/t26-,30+/m1/s1. The molecule has 8 heteroatoms. The fourth-order valence-corrected chi connectivity index (χ4v) is 6.38. The predicted octanol–water partition coefficient (Wildman–Crippen LogP) is 4.73. The topological polar surface area (TPSA) is 98.9 Å². The zero-order valence-electron chi connectivity index (χ0n) is 21.7. The third-order valence-corrected chi connectivity index (χ3v) is 8.50. The van der Waals surface area contributed by atoms with Gasteiger partial charge in [0, 0.05) is 11.3 Å². The van der Waals surface area contributed by atoms with Crippen LogP contribution < -0.4 is 5.73 Å². The number of ether oxygens (including phenoxy) is 2. The number of hydrogen-bond donors (Lipinski definition) is 1. The average Bonchev–Trinajstić information content (AvgIpc) is 3.28. The molecule has 0 unspecified atom stereocenters. The molecule has 200 valence electrons.